The van der Waals surface area contributed by atoms with Gasteiger partial charge in [0.2, 0.25) is 0 Å². The molecule has 4 rings (SSSR count). The molecule has 3 aromatic rings. The Hall–Kier alpha value is -2.99. The summed E-state index contributed by atoms with van der Waals surface area (Å²) in [5.41, 5.74) is 4.13. The summed E-state index contributed by atoms with van der Waals surface area (Å²) in [7, 11) is 0. The molecular formula is C25H24FNO3S. The van der Waals surface area contributed by atoms with Crippen molar-refractivity contribution in [2.75, 3.05) is 0 Å². The van der Waals surface area contributed by atoms with Gasteiger partial charge in [0, 0.05) is 9.75 Å². The van der Waals surface area contributed by atoms with Gasteiger partial charge in [0.15, 0.2) is 0 Å². The Labute approximate surface area is 184 Å². The number of carbonyl (C=O) groups is 2. The summed E-state index contributed by atoms with van der Waals surface area (Å²) in [4.78, 5) is 26.5. The SMILES string of the molecule is Cc1sc(C)c(C(=O)NC2(c3ccc(C(=O)O)cc3)CC2)c1Cc1ccc(CF)cc1. The number of alkyl halides is 1. The van der Waals surface area contributed by atoms with Crippen molar-refractivity contribution in [3.8, 4) is 0 Å². The summed E-state index contributed by atoms with van der Waals surface area (Å²) >= 11 is 1.61. The zero-order valence-corrected chi connectivity index (χ0v) is 18.3. The fraction of sp³-hybridized carbons (Fsp3) is 0.280. The van der Waals surface area contributed by atoms with Crippen LogP contribution in [0, 0.1) is 13.8 Å². The fourth-order valence-electron chi connectivity index (χ4n) is 4.01. The van der Waals surface area contributed by atoms with E-state index in [0.29, 0.717) is 17.5 Å². The Morgan fingerprint density at radius 2 is 1.61 bits per heavy atom. The minimum Gasteiger partial charge on any atom is -0.478 e. The van der Waals surface area contributed by atoms with Gasteiger partial charge in [0.05, 0.1) is 16.7 Å². The molecule has 1 fully saturated rings. The number of carboxylic acid groups (broad SMARTS) is 1. The molecule has 2 aromatic carbocycles. The Kier molecular flexibility index (Phi) is 5.67. The highest BCUT2D eigenvalue weighted by Gasteiger charge is 2.46. The number of halogens is 1. The van der Waals surface area contributed by atoms with Crippen LogP contribution in [0.3, 0.4) is 0 Å². The lowest BCUT2D eigenvalue weighted by Crippen LogP contribution is -2.35. The van der Waals surface area contributed by atoms with Crippen molar-refractivity contribution in [2.24, 2.45) is 0 Å². The Balaban J connectivity index is 1.58. The Morgan fingerprint density at radius 3 is 2.16 bits per heavy atom. The van der Waals surface area contributed by atoms with Gasteiger partial charge in [-0.1, -0.05) is 36.4 Å². The molecule has 0 spiro atoms. The number of hydrogen-bond donors (Lipinski definition) is 2. The second kappa shape index (κ2) is 8.27. The molecule has 1 amide bonds. The second-order valence-electron chi connectivity index (χ2n) is 8.11. The van der Waals surface area contributed by atoms with Gasteiger partial charge in [-0.05, 0) is 67.5 Å². The molecule has 0 aliphatic heterocycles. The minimum atomic E-state index is -0.964. The maximum atomic E-state index is 13.3. The van der Waals surface area contributed by atoms with E-state index in [1.54, 1.807) is 47.7 Å². The first-order valence-corrected chi connectivity index (χ1v) is 11.0. The van der Waals surface area contributed by atoms with E-state index in [2.05, 4.69) is 5.32 Å². The summed E-state index contributed by atoms with van der Waals surface area (Å²) in [5, 5.41) is 12.3. The van der Waals surface area contributed by atoms with Gasteiger partial charge >= 0.3 is 5.97 Å². The normalized spacial score (nSPS) is 14.3. The predicted octanol–water partition coefficient (Wildman–Crippen LogP) is 5.54. The second-order valence-corrected chi connectivity index (χ2v) is 9.54. The zero-order chi connectivity index (χ0) is 22.2. The lowest BCUT2D eigenvalue weighted by Gasteiger charge is -2.19. The van der Waals surface area contributed by atoms with Crippen LogP contribution in [0.2, 0.25) is 0 Å². The van der Waals surface area contributed by atoms with Gasteiger partial charge in [-0.3, -0.25) is 4.79 Å². The van der Waals surface area contributed by atoms with Crippen LogP contribution in [0.25, 0.3) is 0 Å². The van der Waals surface area contributed by atoms with E-state index >= 15 is 0 Å². The highest BCUT2D eigenvalue weighted by molar-refractivity contribution is 7.12. The van der Waals surface area contributed by atoms with Gasteiger partial charge in [-0.15, -0.1) is 11.3 Å². The fourth-order valence-corrected chi connectivity index (χ4v) is 5.09. The quantitative estimate of drug-likeness (QED) is 0.510. The van der Waals surface area contributed by atoms with E-state index in [1.165, 1.54) is 0 Å². The molecule has 6 heteroatoms. The van der Waals surface area contributed by atoms with E-state index in [-0.39, 0.29) is 11.5 Å². The van der Waals surface area contributed by atoms with Crippen molar-refractivity contribution in [1.29, 1.82) is 0 Å². The number of nitrogens with one attached hydrogen (secondary N) is 1. The van der Waals surface area contributed by atoms with Gasteiger partial charge in [-0.25, -0.2) is 9.18 Å². The molecule has 1 aromatic heterocycles. The third kappa shape index (κ3) is 4.26. The summed E-state index contributed by atoms with van der Waals surface area (Å²) in [6.07, 6.45) is 2.27. The summed E-state index contributed by atoms with van der Waals surface area (Å²) in [6, 6.07) is 14.1. The molecule has 160 valence electrons. The summed E-state index contributed by atoms with van der Waals surface area (Å²) in [6.45, 7) is 3.50. The standard InChI is InChI=1S/C25H24FNO3S/c1-15-21(13-17-3-5-18(14-26)6-4-17)22(16(2)31-15)23(28)27-25(11-12-25)20-9-7-19(8-10-20)24(29)30/h3-10H,11-14H2,1-2H3,(H,27,28)(H,29,30). The van der Waals surface area contributed by atoms with Crippen LogP contribution in [0.15, 0.2) is 48.5 Å². The third-order valence-corrected chi connectivity index (χ3v) is 7.02. The number of carbonyl (C=O) groups excluding carboxylic acids is 1. The lowest BCUT2D eigenvalue weighted by molar-refractivity contribution is 0.0696. The first kappa shape index (κ1) is 21.2. The molecule has 2 N–H and O–H groups in total. The maximum absolute atomic E-state index is 13.3. The first-order valence-electron chi connectivity index (χ1n) is 10.2. The molecule has 0 atom stereocenters. The Morgan fingerprint density at radius 1 is 1.00 bits per heavy atom. The maximum Gasteiger partial charge on any atom is 0.335 e. The number of rotatable bonds is 7. The van der Waals surface area contributed by atoms with Crippen LogP contribution in [-0.2, 0) is 18.6 Å². The largest absolute Gasteiger partial charge is 0.478 e. The number of benzene rings is 2. The number of hydrogen-bond acceptors (Lipinski definition) is 3. The van der Waals surface area contributed by atoms with Crippen LogP contribution in [0.4, 0.5) is 4.39 Å². The molecule has 0 bridgehead atoms. The van der Waals surface area contributed by atoms with E-state index in [4.69, 9.17) is 5.11 Å². The molecule has 0 saturated heterocycles. The highest BCUT2D eigenvalue weighted by atomic mass is 32.1. The molecular weight excluding hydrogens is 413 g/mol. The molecule has 0 radical (unpaired) electrons. The average Bonchev–Trinajstić information content (AvgIpc) is 3.48. The number of aryl methyl sites for hydroxylation is 2. The van der Waals surface area contributed by atoms with Crippen LogP contribution >= 0.6 is 11.3 Å². The van der Waals surface area contributed by atoms with Gasteiger partial charge in [0.1, 0.15) is 6.67 Å². The van der Waals surface area contributed by atoms with Crippen molar-refractivity contribution < 1.29 is 19.1 Å². The van der Waals surface area contributed by atoms with Gasteiger partial charge in [-0.2, -0.15) is 0 Å². The smallest absolute Gasteiger partial charge is 0.335 e. The molecule has 0 unspecified atom stereocenters. The lowest BCUT2D eigenvalue weighted by atomic mass is 9.98. The van der Waals surface area contributed by atoms with Crippen LogP contribution in [0.1, 0.15) is 65.6 Å². The first-order chi connectivity index (χ1) is 14.8. The summed E-state index contributed by atoms with van der Waals surface area (Å²) in [5.74, 6) is -1.06. The van der Waals surface area contributed by atoms with Gasteiger partial charge in [0.25, 0.3) is 5.91 Å². The zero-order valence-electron chi connectivity index (χ0n) is 17.5. The molecule has 31 heavy (non-hydrogen) atoms. The molecule has 1 aliphatic rings. The molecule has 4 nitrogen and oxygen atoms in total. The van der Waals surface area contributed by atoms with Crippen molar-refractivity contribution in [1.82, 2.24) is 5.32 Å². The monoisotopic (exact) mass is 437 g/mol. The minimum absolute atomic E-state index is 0.1000. The van der Waals surface area contributed by atoms with E-state index in [9.17, 15) is 14.0 Å². The number of aromatic carboxylic acids is 1. The third-order valence-electron chi connectivity index (χ3n) is 5.96. The van der Waals surface area contributed by atoms with E-state index in [1.807, 2.05) is 26.0 Å². The number of amides is 1. The topological polar surface area (TPSA) is 66.4 Å². The highest BCUT2D eigenvalue weighted by Crippen LogP contribution is 2.46. The molecule has 1 heterocycles. The van der Waals surface area contributed by atoms with Gasteiger partial charge < -0.3 is 10.4 Å². The van der Waals surface area contributed by atoms with Crippen LogP contribution < -0.4 is 5.32 Å². The summed E-state index contributed by atoms with van der Waals surface area (Å²) < 4.78 is 12.8. The molecule has 1 aliphatic carbocycles. The predicted molar refractivity (Wildman–Crippen MR) is 120 cm³/mol. The number of thiophene rings is 1. The average molecular weight is 438 g/mol. The van der Waals surface area contributed by atoms with Crippen molar-refractivity contribution in [3.63, 3.8) is 0 Å². The van der Waals surface area contributed by atoms with Crippen LogP contribution in [0.5, 0.6) is 0 Å². The van der Waals surface area contributed by atoms with Crippen molar-refractivity contribution in [2.45, 2.75) is 45.3 Å². The molecule has 1 saturated carbocycles. The van der Waals surface area contributed by atoms with Crippen molar-refractivity contribution >= 4 is 23.2 Å². The number of carboxylic acids is 1. The Bertz CT molecular complexity index is 1130. The van der Waals surface area contributed by atoms with E-state index in [0.717, 1.165) is 39.3 Å². The van der Waals surface area contributed by atoms with Crippen LogP contribution in [-0.4, -0.2) is 17.0 Å². The van der Waals surface area contributed by atoms with E-state index < -0.39 is 18.2 Å². The van der Waals surface area contributed by atoms with Crippen molar-refractivity contribution in [3.05, 3.63) is 91.7 Å².